The third-order valence-electron chi connectivity index (χ3n) is 5.21. The van der Waals surface area contributed by atoms with Crippen molar-refractivity contribution in [3.63, 3.8) is 0 Å². The van der Waals surface area contributed by atoms with E-state index in [1.54, 1.807) is 6.26 Å². The van der Waals surface area contributed by atoms with Gasteiger partial charge in [-0.2, -0.15) is 4.98 Å². The fourth-order valence-electron chi connectivity index (χ4n) is 3.75. The van der Waals surface area contributed by atoms with Crippen LogP contribution < -0.4 is 15.5 Å². The summed E-state index contributed by atoms with van der Waals surface area (Å²) in [6, 6.07) is 13.1. The Labute approximate surface area is 160 Å². The van der Waals surface area contributed by atoms with E-state index in [4.69, 9.17) is 14.4 Å². The van der Waals surface area contributed by atoms with Crippen molar-refractivity contribution in [3.8, 4) is 0 Å². The van der Waals surface area contributed by atoms with Gasteiger partial charge in [0.1, 0.15) is 11.6 Å². The summed E-state index contributed by atoms with van der Waals surface area (Å²) in [7, 11) is 4.04. The van der Waals surface area contributed by atoms with E-state index in [0.29, 0.717) is 12.1 Å². The molecule has 0 saturated heterocycles. The number of fused-ring (bicyclic) bond motifs is 1. The molecule has 4 rings (SSSR count). The number of nitrogens with zero attached hydrogens (tertiary/aromatic N) is 3. The van der Waals surface area contributed by atoms with Crippen LogP contribution in [0, 0.1) is 0 Å². The van der Waals surface area contributed by atoms with Crippen LogP contribution in [-0.4, -0.2) is 36.1 Å². The Balaban J connectivity index is 1.37. The molecule has 0 spiro atoms. The molecule has 6 nitrogen and oxygen atoms in total. The molecule has 1 fully saturated rings. The summed E-state index contributed by atoms with van der Waals surface area (Å²) >= 11 is 0. The molecule has 27 heavy (non-hydrogen) atoms. The van der Waals surface area contributed by atoms with Crippen LogP contribution in [0.2, 0.25) is 0 Å². The quantitative estimate of drug-likeness (QED) is 0.693. The lowest BCUT2D eigenvalue weighted by molar-refractivity contribution is 0.340. The summed E-state index contributed by atoms with van der Waals surface area (Å²) in [5, 5.41) is 8.24. The third kappa shape index (κ3) is 4.22. The first-order valence-corrected chi connectivity index (χ1v) is 9.65. The lowest BCUT2D eigenvalue weighted by Crippen LogP contribution is -2.36. The topological polar surface area (TPSA) is 66.2 Å². The molecule has 142 valence electrons. The van der Waals surface area contributed by atoms with Gasteiger partial charge in [0.05, 0.1) is 18.3 Å². The molecule has 2 N–H and O–H groups in total. The molecule has 0 aliphatic heterocycles. The number of aromatic nitrogens is 2. The third-order valence-corrected chi connectivity index (χ3v) is 5.21. The van der Waals surface area contributed by atoms with Crippen molar-refractivity contribution in [1.29, 1.82) is 0 Å². The second kappa shape index (κ2) is 7.96. The van der Waals surface area contributed by atoms with E-state index < -0.39 is 0 Å². The van der Waals surface area contributed by atoms with E-state index in [9.17, 15) is 0 Å². The molecule has 0 atom stereocenters. The second-order valence-electron chi connectivity index (χ2n) is 7.44. The Morgan fingerprint density at radius 1 is 1.00 bits per heavy atom. The minimum absolute atomic E-state index is 0.419. The largest absolute Gasteiger partial charge is 0.468 e. The van der Waals surface area contributed by atoms with Gasteiger partial charge in [0.25, 0.3) is 0 Å². The summed E-state index contributed by atoms with van der Waals surface area (Å²) in [4.78, 5) is 11.5. The number of nitrogens with one attached hydrogen (secondary N) is 2. The van der Waals surface area contributed by atoms with Gasteiger partial charge in [0.2, 0.25) is 5.95 Å². The van der Waals surface area contributed by atoms with Crippen molar-refractivity contribution in [2.45, 2.75) is 44.3 Å². The van der Waals surface area contributed by atoms with Crippen molar-refractivity contribution in [2.24, 2.45) is 0 Å². The highest BCUT2D eigenvalue weighted by molar-refractivity contribution is 5.90. The Morgan fingerprint density at radius 3 is 2.52 bits per heavy atom. The first-order chi connectivity index (χ1) is 13.2. The molecule has 0 amide bonds. The number of hydrogen-bond acceptors (Lipinski definition) is 6. The summed E-state index contributed by atoms with van der Waals surface area (Å²) < 4.78 is 5.39. The highest BCUT2D eigenvalue weighted by Gasteiger charge is 2.22. The van der Waals surface area contributed by atoms with Crippen LogP contribution in [0.15, 0.2) is 47.1 Å². The molecule has 6 heteroatoms. The average Bonchev–Trinajstić information content (AvgIpc) is 3.20. The smallest absolute Gasteiger partial charge is 0.225 e. The van der Waals surface area contributed by atoms with E-state index in [0.717, 1.165) is 60.7 Å². The lowest BCUT2D eigenvalue weighted by atomic mass is 9.91. The normalized spacial score (nSPS) is 19.9. The lowest BCUT2D eigenvalue weighted by Gasteiger charge is -2.30. The number of anilines is 2. The van der Waals surface area contributed by atoms with Crippen LogP contribution in [0.1, 0.15) is 31.4 Å². The average molecular weight is 365 g/mol. The van der Waals surface area contributed by atoms with Crippen molar-refractivity contribution in [3.05, 3.63) is 48.4 Å². The van der Waals surface area contributed by atoms with Crippen molar-refractivity contribution < 1.29 is 4.42 Å². The number of hydrogen-bond donors (Lipinski definition) is 2. The summed E-state index contributed by atoms with van der Waals surface area (Å²) in [6.45, 7) is 0.801. The zero-order valence-corrected chi connectivity index (χ0v) is 16.0. The molecule has 1 aliphatic carbocycles. The fraction of sp³-hybridized carbons (Fsp3) is 0.429. The minimum Gasteiger partial charge on any atom is -0.468 e. The van der Waals surface area contributed by atoms with Crippen molar-refractivity contribution in [2.75, 3.05) is 24.3 Å². The minimum atomic E-state index is 0.419. The monoisotopic (exact) mass is 365 g/mol. The van der Waals surface area contributed by atoms with E-state index in [2.05, 4.69) is 16.7 Å². The standard InChI is InChI=1S/C21H27N5O/c1-26(2)20-18-7-3-4-8-19(18)24-21(25-20)23-16-11-9-15(10-12-16)22-14-17-6-5-13-27-17/h3-8,13,15-16,22H,9-12,14H2,1-2H3,(H,23,24,25). The van der Waals surface area contributed by atoms with E-state index in [1.807, 2.05) is 49.3 Å². The molecule has 0 radical (unpaired) electrons. The highest BCUT2D eigenvalue weighted by atomic mass is 16.3. The maximum atomic E-state index is 5.39. The molecular weight excluding hydrogens is 338 g/mol. The van der Waals surface area contributed by atoms with Gasteiger partial charge in [-0.25, -0.2) is 4.98 Å². The van der Waals surface area contributed by atoms with E-state index >= 15 is 0 Å². The summed E-state index contributed by atoms with van der Waals surface area (Å²) in [5.41, 5.74) is 0.979. The molecular formula is C21H27N5O. The van der Waals surface area contributed by atoms with Crippen LogP contribution in [0.5, 0.6) is 0 Å². The Morgan fingerprint density at radius 2 is 1.78 bits per heavy atom. The van der Waals surface area contributed by atoms with Gasteiger partial charge in [-0.15, -0.1) is 0 Å². The Bertz CT molecular complexity index is 869. The van der Waals surface area contributed by atoms with Crippen LogP contribution in [0.25, 0.3) is 10.9 Å². The molecule has 0 bridgehead atoms. The first-order valence-electron chi connectivity index (χ1n) is 9.65. The van der Waals surface area contributed by atoms with Gasteiger partial charge in [0, 0.05) is 31.6 Å². The molecule has 0 unspecified atom stereocenters. The molecule has 2 aromatic heterocycles. The SMILES string of the molecule is CN(C)c1nc(NC2CCC(NCc3ccco3)CC2)nc2ccccc12. The maximum Gasteiger partial charge on any atom is 0.225 e. The van der Waals surface area contributed by atoms with Crippen LogP contribution in [0.3, 0.4) is 0 Å². The van der Waals surface area contributed by atoms with Crippen molar-refractivity contribution in [1.82, 2.24) is 15.3 Å². The molecule has 2 heterocycles. The van der Waals surface area contributed by atoms with Crippen LogP contribution in [0.4, 0.5) is 11.8 Å². The predicted octanol–water partition coefficient (Wildman–Crippen LogP) is 3.80. The Hall–Kier alpha value is -2.60. The van der Waals surface area contributed by atoms with E-state index in [-0.39, 0.29) is 0 Å². The zero-order valence-electron chi connectivity index (χ0n) is 16.0. The van der Waals surface area contributed by atoms with Crippen LogP contribution in [-0.2, 0) is 6.54 Å². The number of benzene rings is 1. The first kappa shape index (κ1) is 17.8. The Kier molecular flexibility index (Phi) is 5.25. The van der Waals surface area contributed by atoms with Crippen molar-refractivity contribution >= 4 is 22.7 Å². The summed E-state index contributed by atoms with van der Waals surface area (Å²) in [5.74, 6) is 2.68. The van der Waals surface area contributed by atoms with Gasteiger partial charge in [-0.1, -0.05) is 12.1 Å². The fourth-order valence-corrected chi connectivity index (χ4v) is 3.75. The van der Waals surface area contributed by atoms with Gasteiger partial charge in [0.15, 0.2) is 0 Å². The molecule has 1 saturated carbocycles. The molecule has 1 aromatic carbocycles. The van der Waals surface area contributed by atoms with E-state index in [1.165, 1.54) is 0 Å². The van der Waals surface area contributed by atoms with Crippen LogP contribution >= 0.6 is 0 Å². The van der Waals surface area contributed by atoms with Gasteiger partial charge in [-0.3, -0.25) is 0 Å². The molecule has 1 aliphatic rings. The number of rotatable bonds is 6. The van der Waals surface area contributed by atoms with Gasteiger partial charge in [-0.05, 0) is 49.9 Å². The van der Waals surface area contributed by atoms with Gasteiger partial charge >= 0.3 is 0 Å². The number of furan rings is 1. The maximum absolute atomic E-state index is 5.39. The second-order valence-corrected chi connectivity index (χ2v) is 7.44. The van der Waals surface area contributed by atoms with Gasteiger partial charge < -0.3 is 20.0 Å². The predicted molar refractivity (Wildman–Crippen MR) is 109 cm³/mol. The summed E-state index contributed by atoms with van der Waals surface area (Å²) in [6.07, 6.45) is 6.25. The zero-order chi connectivity index (χ0) is 18.6. The number of para-hydroxylation sites is 1. The molecule has 3 aromatic rings. The highest BCUT2D eigenvalue weighted by Crippen LogP contribution is 2.26.